The Labute approximate surface area is 187 Å². The molecule has 0 radical (unpaired) electrons. The third kappa shape index (κ3) is 4.06. The van der Waals surface area contributed by atoms with Crippen LogP contribution in [0.5, 0.6) is 5.75 Å². The zero-order valence-electron chi connectivity index (χ0n) is 17.9. The number of thiophene rings is 1. The van der Waals surface area contributed by atoms with E-state index in [-0.39, 0.29) is 5.92 Å². The molecule has 0 saturated carbocycles. The number of nitrogens with zero attached hydrogens (tertiary/aromatic N) is 4. The molecule has 0 unspecified atom stereocenters. The van der Waals surface area contributed by atoms with Crippen molar-refractivity contribution in [1.82, 2.24) is 9.88 Å². The van der Waals surface area contributed by atoms with Crippen molar-refractivity contribution in [3.8, 4) is 5.75 Å². The molecule has 4 heterocycles. The van der Waals surface area contributed by atoms with Gasteiger partial charge in [0, 0.05) is 67.3 Å². The molecule has 2 aliphatic heterocycles. The molecule has 2 saturated heterocycles. The Bertz CT molecular complexity index is 1060. The number of carbonyl (C=O) groups is 1. The number of methoxy groups -OCH3 is 1. The van der Waals surface area contributed by atoms with Crippen molar-refractivity contribution in [2.45, 2.75) is 12.8 Å². The molecule has 1 amide bonds. The number of anilines is 2. The summed E-state index contributed by atoms with van der Waals surface area (Å²) >= 11 is 1.74. The summed E-state index contributed by atoms with van der Waals surface area (Å²) in [5.74, 6) is 2.24. The first-order chi connectivity index (χ1) is 15.2. The molecule has 0 bridgehead atoms. The summed E-state index contributed by atoms with van der Waals surface area (Å²) in [5, 5.41) is 3.32. The number of benzene rings is 1. The molecule has 2 fully saturated rings. The van der Waals surface area contributed by atoms with Crippen LogP contribution < -0.4 is 14.5 Å². The standard InChI is InChI=1S/C24H28N4O2S/c1-30-20-6-2-5-19(16-20)26-11-13-27(14-12-26)24(29)18-4-3-10-28(17-18)23-21-8-15-31-22(21)7-9-25-23/h2,5-9,15-16,18H,3-4,10-14,17H2,1H3/t18-/m1/s1. The minimum atomic E-state index is 0.0489. The fourth-order valence-corrected chi connectivity index (χ4v) is 5.53. The molecule has 5 rings (SSSR count). The quantitative estimate of drug-likeness (QED) is 0.621. The molecule has 3 aromatic rings. The van der Waals surface area contributed by atoms with Crippen molar-refractivity contribution in [3.63, 3.8) is 0 Å². The number of ether oxygens (including phenoxy) is 1. The second-order valence-electron chi connectivity index (χ2n) is 8.27. The molecule has 0 spiro atoms. The Morgan fingerprint density at radius 1 is 1.10 bits per heavy atom. The van der Waals surface area contributed by atoms with Crippen LogP contribution in [0, 0.1) is 5.92 Å². The van der Waals surface area contributed by atoms with Gasteiger partial charge < -0.3 is 19.4 Å². The first-order valence-corrected chi connectivity index (χ1v) is 11.9. The van der Waals surface area contributed by atoms with Crippen molar-refractivity contribution in [3.05, 3.63) is 48.0 Å². The maximum atomic E-state index is 13.3. The van der Waals surface area contributed by atoms with E-state index in [0.717, 1.165) is 69.4 Å². The normalized spacial score (nSPS) is 19.6. The van der Waals surface area contributed by atoms with Gasteiger partial charge in [-0.3, -0.25) is 4.79 Å². The van der Waals surface area contributed by atoms with Gasteiger partial charge in [-0.25, -0.2) is 4.98 Å². The summed E-state index contributed by atoms with van der Waals surface area (Å²) in [6, 6.07) is 12.4. The lowest BCUT2D eigenvalue weighted by atomic mass is 9.96. The molecule has 1 atom stereocenters. The van der Waals surface area contributed by atoms with Crippen molar-refractivity contribution >= 4 is 38.8 Å². The highest BCUT2D eigenvalue weighted by molar-refractivity contribution is 7.17. The van der Waals surface area contributed by atoms with Gasteiger partial charge in [-0.05, 0) is 42.5 Å². The lowest BCUT2D eigenvalue weighted by Gasteiger charge is -2.40. The van der Waals surface area contributed by atoms with E-state index in [2.05, 4.69) is 49.3 Å². The van der Waals surface area contributed by atoms with Crippen LogP contribution >= 0.6 is 11.3 Å². The zero-order chi connectivity index (χ0) is 21.2. The molecular formula is C24H28N4O2S. The van der Waals surface area contributed by atoms with Crippen LogP contribution in [0.3, 0.4) is 0 Å². The average molecular weight is 437 g/mol. The fraction of sp³-hybridized carbons (Fsp3) is 0.417. The van der Waals surface area contributed by atoms with E-state index < -0.39 is 0 Å². The van der Waals surface area contributed by atoms with E-state index in [1.807, 2.05) is 18.3 Å². The van der Waals surface area contributed by atoms with Gasteiger partial charge in [0.25, 0.3) is 0 Å². The number of rotatable bonds is 4. The smallest absolute Gasteiger partial charge is 0.227 e. The van der Waals surface area contributed by atoms with Crippen LogP contribution in [0.1, 0.15) is 12.8 Å². The van der Waals surface area contributed by atoms with Gasteiger partial charge in [0.05, 0.1) is 13.0 Å². The van der Waals surface area contributed by atoms with Crippen molar-refractivity contribution in [2.75, 3.05) is 56.2 Å². The molecule has 2 aliphatic rings. The molecule has 7 heteroatoms. The van der Waals surface area contributed by atoms with E-state index in [1.54, 1.807) is 18.4 Å². The monoisotopic (exact) mass is 436 g/mol. The fourth-order valence-electron chi connectivity index (χ4n) is 4.75. The summed E-state index contributed by atoms with van der Waals surface area (Å²) in [4.78, 5) is 24.7. The van der Waals surface area contributed by atoms with E-state index in [4.69, 9.17) is 4.74 Å². The second-order valence-corrected chi connectivity index (χ2v) is 9.21. The SMILES string of the molecule is COc1cccc(N2CCN(C(=O)[C@@H]3CCCN(c4nccc5sccc45)C3)CC2)c1. The predicted octanol–water partition coefficient (Wildman–Crippen LogP) is 3.87. The summed E-state index contributed by atoms with van der Waals surface area (Å²) in [6.45, 7) is 4.97. The molecule has 162 valence electrons. The van der Waals surface area contributed by atoms with Crippen LogP contribution in [0.2, 0.25) is 0 Å². The van der Waals surface area contributed by atoms with Gasteiger partial charge in [-0.1, -0.05) is 6.07 Å². The van der Waals surface area contributed by atoms with Gasteiger partial charge in [0.2, 0.25) is 5.91 Å². The Morgan fingerprint density at radius 2 is 1.97 bits per heavy atom. The number of carbonyl (C=O) groups excluding carboxylic acids is 1. The number of fused-ring (bicyclic) bond motifs is 1. The van der Waals surface area contributed by atoms with Crippen LogP contribution in [-0.4, -0.2) is 62.2 Å². The largest absolute Gasteiger partial charge is 0.497 e. The van der Waals surface area contributed by atoms with Gasteiger partial charge in [0.1, 0.15) is 11.6 Å². The van der Waals surface area contributed by atoms with Crippen LogP contribution in [-0.2, 0) is 4.79 Å². The highest BCUT2D eigenvalue weighted by Gasteiger charge is 2.32. The summed E-state index contributed by atoms with van der Waals surface area (Å²) in [7, 11) is 1.69. The first kappa shape index (κ1) is 20.1. The first-order valence-electron chi connectivity index (χ1n) is 11.0. The molecule has 1 aromatic carbocycles. The van der Waals surface area contributed by atoms with Crippen LogP contribution in [0.15, 0.2) is 48.0 Å². The summed E-state index contributed by atoms with van der Waals surface area (Å²) in [6.07, 6.45) is 3.88. The maximum Gasteiger partial charge on any atom is 0.227 e. The van der Waals surface area contributed by atoms with Gasteiger partial charge in [-0.15, -0.1) is 11.3 Å². The minimum Gasteiger partial charge on any atom is -0.497 e. The number of aromatic nitrogens is 1. The molecule has 0 N–H and O–H groups in total. The molecule has 0 aliphatic carbocycles. The third-order valence-electron chi connectivity index (χ3n) is 6.44. The summed E-state index contributed by atoms with van der Waals surface area (Å²) < 4.78 is 6.61. The Morgan fingerprint density at radius 3 is 2.81 bits per heavy atom. The third-order valence-corrected chi connectivity index (χ3v) is 7.32. The Kier molecular flexibility index (Phi) is 5.68. The van der Waals surface area contributed by atoms with Gasteiger partial charge in [-0.2, -0.15) is 0 Å². The topological polar surface area (TPSA) is 48.9 Å². The lowest BCUT2D eigenvalue weighted by molar-refractivity contribution is -0.136. The van der Waals surface area contributed by atoms with Gasteiger partial charge in [0.15, 0.2) is 0 Å². The van der Waals surface area contributed by atoms with Gasteiger partial charge >= 0.3 is 0 Å². The number of amides is 1. The average Bonchev–Trinajstić information content (AvgIpc) is 3.33. The maximum absolute atomic E-state index is 13.3. The predicted molar refractivity (Wildman–Crippen MR) is 126 cm³/mol. The van der Waals surface area contributed by atoms with Crippen molar-refractivity contribution < 1.29 is 9.53 Å². The second kappa shape index (κ2) is 8.75. The van der Waals surface area contributed by atoms with E-state index in [0.29, 0.717) is 5.91 Å². The number of piperazine rings is 1. The van der Waals surface area contributed by atoms with Crippen molar-refractivity contribution in [1.29, 1.82) is 0 Å². The highest BCUT2D eigenvalue weighted by atomic mass is 32.1. The highest BCUT2D eigenvalue weighted by Crippen LogP contribution is 2.32. The minimum absolute atomic E-state index is 0.0489. The van der Waals surface area contributed by atoms with E-state index in [1.165, 1.54) is 10.1 Å². The molecular weight excluding hydrogens is 408 g/mol. The number of piperidine rings is 1. The lowest BCUT2D eigenvalue weighted by Crippen LogP contribution is -2.52. The van der Waals surface area contributed by atoms with Crippen LogP contribution in [0.25, 0.3) is 10.1 Å². The van der Waals surface area contributed by atoms with E-state index >= 15 is 0 Å². The molecule has 2 aromatic heterocycles. The van der Waals surface area contributed by atoms with Crippen LogP contribution in [0.4, 0.5) is 11.5 Å². The number of hydrogen-bond donors (Lipinski definition) is 0. The molecule has 6 nitrogen and oxygen atoms in total. The zero-order valence-corrected chi connectivity index (χ0v) is 18.7. The van der Waals surface area contributed by atoms with E-state index in [9.17, 15) is 4.79 Å². The number of hydrogen-bond acceptors (Lipinski definition) is 6. The summed E-state index contributed by atoms with van der Waals surface area (Å²) in [5.41, 5.74) is 1.16. The number of pyridine rings is 1. The Balaban J connectivity index is 1.23. The van der Waals surface area contributed by atoms with Crippen molar-refractivity contribution in [2.24, 2.45) is 5.92 Å². The Hall–Kier alpha value is -2.80. The molecule has 31 heavy (non-hydrogen) atoms.